The third-order valence-electron chi connectivity index (χ3n) is 4.04. The van der Waals surface area contributed by atoms with Crippen molar-refractivity contribution in [2.24, 2.45) is 0 Å². The van der Waals surface area contributed by atoms with Crippen molar-refractivity contribution >= 4 is 15.9 Å². The lowest BCUT2D eigenvalue weighted by atomic mass is 10.1. The highest BCUT2D eigenvalue weighted by Crippen LogP contribution is 2.32. The molecule has 6 nitrogen and oxygen atoms in total. The van der Waals surface area contributed by atoms with E-state index >= 15 is 0 Å². The lowest BCUT2D eigenvalue weighted by molar-refractivity contribution is -0.137. The van der Waals surface area contributed by atoms with E-state index in [0.29, 0.717) is 18.8 Å². The Labute approximate surface area is 145 Å². The monoisotopic (exact) mass is 376 g/mol. The molecule has 1 aromatic rings. The number of hydrogen-bond donors (Lipinski definition) is 0. The predicted molar refractivity (Wildman–Crippen MR) is 87.0 cm³/mol. The van der Waals surface area contributed by atoms with Gasteiger partial charge < -0.3 is 4.90 Å². The first-order valence-electron chi connectivity index (χ1n) is 7.67. The van der Waals surface area contributed by atoms with Crippen LogP contribution in [0.15, 0.2) is 24.3 Å². The lowest BCUT2D eigenvalue weighted by Crippen LogP contribution is -2.52. The molecule has 0 aromatic heterocycles. The van der Waals surface area contributed by atoms with Crippen molar-refractivity contribution in [3.8, 4) is 6.07 Å². The molecular formula is C15H19F3N4O2S. The number of rotatable bonds is 5. The van der Waals surface area contributed by atoms with E-state index in [1.807, 2.05) is 6.07 Å². The lowest BCUT2D eigenvalue weighted by Gasteiger charge is -2.37. The second-order valence-electron chi connectivity index (χ2n) is 5.67. The van der Waals surface area contributed by atoms with Crippen LogP contribution in [0.5, 0.6) is 0 Å². The Hall–Kier alpha value is -1.83. The van der Waals surface area contributed by atoms with Gasteiger partial charge in [-0.15, -0.1) is 0 Å². The molecule has 1 aliphatic rings. The first kappa shape index (κ1) is 19.5. The predicted octanol–water partition coefficient (Wildman–Crippen LogP) is 1.92. The molecule has 1 aromatic carbocycles. The van der Waals surface area contributed by atoms with Gasteiger partial charge in [-0.2, -0.15) is 35.5 Å². The summed E-state index contributed by atoms with van der Waals surface area (Å²) < 4.78 is 65.6. The van der Waals surface area contributed by atoms with Crippen molar-refractivity contribution in [3.05, 3.63) is 29.8 Å². The van der Waals surface area contributed by atoms with E-state index in [1.165, 1.54) is 17.4 Å². The molecule has 2 rings (SSSR count). The quantitative estimate of drug-likeness (QED) is 0.787. The molecule has 25 heavy (non-hydrogen) atoms. The fourth-order valence-electron chi connectivity index (χ4n) is 2.58. The van der Waals surface area contributed by atoms with Crippen molar-refractivity contribution in [2.45, 2.75) is 12.6 Å². The molecule has 1 heterocycles. The number of nitriles is 1. The zero-order chi connectivity index (χ0) is 18.7. The van der Waals surface area contributed by atoms with Crippen LogP contribution in [-0.2, 0) is 16.4 Å². The molecule has 0 bridgehead atoms. The summed E-state index contributed by atoms with van der Waals surface area (Å²) in [5.74, 6) is 0. The number of halogens is 3. The highest BCUT2D eigenvalue weighted by Gasteiger charge is 2.33. The van der Waals surface area contributed by atoms with E-state index in [9.17, 15) is 21.6 Å². The van der Waals surface area contributed by atoms with Crippen LogP contribution in [0.2, 0.25) is 0 Å². The van der Waals surface area contributed by atoms with Gasteiger partial charge in [-0.25, -0.2) is 0 Å². The standard InChI is InChI=1S/C15H19F3N4O2S/c1-20(7-3-6-19)25(23,24)22-10-8-21(9-11-22)14-5-2-4-13(12-14)15(16,17)18/h2,4-5,12H,3,7-11H2,1H3. The van der Waals surface area contributed by atoms with Crippen LogP contribution in [0.1, 0.15) is 12.0 Å². The molecule has 0 aliphatic carbocycles. The van der Waals surface area contributed by atoms with Crippen LogP contribution in [0, 0.1) is 11.3 Å². The van der Waals surface area contributed by atoms with Gasteiger partial charge in [0.1, 0.15) is 0 Å². The molecule has 0 N–H and O–H groups in total. The average molecular weight is 376 g/mol. The van der Waals surface area contributed by atoms with Crippen LogP contribution in [0.3, 0.4) is 0 Å². The molecule has 0 unspecified atom stereocenters. The topological polar surface area (TPSA) is 67.6 Å². The van der Waals surface area contributed by atoms with Gasteiger partial charge in [0.05, 0.1) is 11.6 Å². The minimum absolute atomic E-state index is 0.0972. The average Bonchev–Trinajstić information content (AvgIpc) is 2.59. The fraction of sp³-hybridized carbons (Fsp3) is 0.533. The molecule has 0 atom stereocenters. The van der Waals surface area contributed by atoms with Crippen molar-refractivity contribution in [1.82, 2.24) is 8.61 Å². The Balaban J connectivity index is 2.04. The zero-order valence-corrected chi connectivity index (χ0v) is 14.5. The Bertz CT molecular complexity index is 738. The van der Waals surface area contributed by atoms with Crippen molar-refractivity contribution in [3.63, 3.8) is 0 Å². The fourth-order valence-corrected chi connectivity index (χ4v) is 3.92. The van der Waals surface area contributed by atoms with Gasteiger partial charge in [-0.05, 0) is 18.2 Å². The molecule has 1 saturated heterocycles. The molecule has 0 spiro atoms. The number of alkyl halides is 3. The van der Waals surface area contributed by atoms with Crippen LogP contribution in [-0.4, -0.2) is 56.8 Å². The third-order valence-corrected chi connectivity index (χ3v) is 6.02. The van der Waals surface area contributed by atoms with E-state index in [-0.39, 0.29) is 26.1 Å². The number of hydrogen-bond acceptors (Lipinski definition) is 4. The second-order valence-corrected chi connectivity index (χ2v) is 7.71. The molecule has 138 valence electrons. The number of anilines is 1. The third kappa shape index (κ3) is 4.62. The summed E-state index contributed by atoms with van der Waals surface area (Å²) >= 11 is 0. The summed E-state index contributed by atoms with van der Waals surface area (Å²) in [6, 6.07) is 6.90. The number of benzene rings is 1. The number of piperazine rings is 1. The summed E-state index contributed by atoms with van der Waals surface area (Å²) in [7, 11) is -2.25. The molecule has 0 amide bonds. The molecule has 1 aliphatic heterocycles. The van der Waals surface area contributed by atoms with Crippen molar-refractivity contribution in [2.75, 3.05) is 44.7 Å². The SMILES string of the molecule is CN(CCC#N)S(=O)(=O)N1CCN(c2cccc(C(F)(F)F)c2)CC1. The van der Waals surface area contributed by atoms with Gasteiger partial charge in [0.2, 0.25) is 0 Å². The Kier molecular flexibility index (Phi) is 5.92. The largest absolute Gasteiger partial charge is 0.416 e. The first-order chi connectivity index (χ1) is 11.7. The smallest absolute Gasteiger partial charge is 0.369 e. The van der Waals surface area contributed by atoms with Gasteiger partial charge in [-0.1, -0.05) is 6.07 Å². The minimum atomic E-state index is -4.41. The van der Waals surface area contributed by atoms with Gasteiger partial charge in [0, 0.05) is 51.9 Å². The zero-order valence-electron chi connectivity index (χ0n) is 13.7. The molecule has 0 radical (unpaired) electrons. The summed E-state index contributed by atoms with van der Waals surface area (Å²) in [6.07, 6.45) is -4.31. The van der Waals surface area contributed by atoms with E-state index < -0.39 is 21.9 Å². The molecule has 1 fully saturated rings. The summed E-state index contributed by atoms with van der Waals surface area (Å²) in [5, 5.41) is 8.56. The van der Waals surface area contributed by atoms with Crippen molar-refractivity contribution in [1.29, 1.82) is 5.26 Å². The highest BCUT2D eigenvalue weighted by molar-refractivity contribution is 7.86. The van der Waals surface area contributed by atoms with Gasteiger partial charge in [0.15, 0.2) is 0 Å². The summed E-state index contributed by atoms with van der Waals surface area (Å²) in [5.41, 5.74) is -0.305. The second kappa shape index (κ2) is 7.59. The number of nitrogens with zero attached hydrogens (tertiary/aromatic N) is 4. The summed E-state index contributed by atoms with van der Waals surface area (Å²) in [6.45, 7) is 1.05. The van der Waals surface area contributed by atoms with Crippen LogP contribution in [0.4, 0.5) is 18.9 Å². The van der Waals surface area contributed by atoms with Gasteiger partial charge >= 0.3 is 6.18 Å². The van der Waals surface area contributed by atoms with Crippen LogP contribution < -0.4 is 4.90 Å². The van der Waals surface area contributed by atoms with Crippen molar-refractivity contribution < 1.29 is 21.6 Å². The van der Waals surface area contributed by atoms with Crippen LogP contribution in [0.25, 0.3) is 0 Å². The Morgan fingerprint density at radius 3 is 2.44 bits per heavy atom. The highest BCUT2D eigenvalue weighted by atomic mass is 32.2. The molecule has 0 saturated carbocycles. The van der Waals surface area contributed by atoms with E-state index in [4.69, 9.17) is 5.26 Å². The maximum atomic E-state index is 12.8. The summed E-state index contributed by atoms with van der Waals surface area (Å²) in [4.78, 5) is 1.73. The minimum Gasteiger partial charge on any atom is -0.369 e. The molecular weight excluding hydrogens is 357 g/mol. The first-order valence-corrected chi connectivity index (χ1v) is 9.06. The van der Waals surface area contributed by atoms with Crippen LogP contribution >= 0.6 is 0 Å². The van der Waals surface area contributed by atoms with Gasteiger partial charge in [-0.3, -0.25) is 0 Å². The maximum absolute atomic E-state index is 12.8. The van der Waals surface area contributed by atoms with E-state index in [0.717, 1.165) is 16.4 Å². The Morgan fingerprint density at radius 2 is 1.88 bits per heavy atom. The maximum Gasteiger partial charge on any atom is 0.416 e. The van der Waals surface area contributed by atoms with E-state index in [2.05, 4.69) is 0 Å². The normalized spacial score (nSPS) is 16.9. The van der Waals surface area contributed by atoms with E-state index in [1.54, 1.807) is 11.0 Å². The Morgan fingerprint density at radius 1 is 1.24 bits per heavy atom. The molecule has 10 heteroatoms. The van der Waals surface area contributed by atoms with Gasteiger partial charge in [0.25, 0.3) is 10.2 Å².